The molecule has 0 aromatic heterocycles. The van der Waals surface area contributed by atoms with Crippen LogP contribution in [0.15, 0.2) is 42.5 Å². The summed E-state index contributed by atoms with van der Waals surface area (Å²) in [6, 6.07) is 8.74. The fourth-order valence-corrected chi connectivity index (χ4v) is 2.72. The molecule has 1 aliphatic rings. The van der Waals surface area contributed by atoms with Crippen molar-refractivity contribution in [3.8, 4) is 0 Å². The molecule has 27 heavy (non-hydrogen) atoms. The minimum atomic E-state index is -0.937. The Balaban J connectivity index is 1.72. The van der Waals surface area contributed by atoms with E-state index in [0.29, 0.717) is 11.8 Å². The maximum atomic E-state index is 13.8. The number of cyclic esters (lactones) is 1. The van der Waals surface area contributed by atoms with Crippen LogP contribution in [0.5, 0.6) is 0 Å². The molecule has 8 heteroatoms. The molecule has 6 nitrogen and oxygen atoms in total. The Hall–Kier alpha value is -3.29. The van der Waals surface area contributed by atoms with Crippen LogP contribution in [-0.4, -0.2) is 37.0 Å². The average molecular weight is 374 g/mol. The standard InChI is InChI=1S/C19H16F2N2O4/c1-11(24)22-9-15-10-23(19(26)27-15)14-5-2-12(3-6-14)18(25)16-7-4-13(20)8-17(16)21/h2-8,15H,9-10H2,1H3,(H,22,24). The Bertz CT molecular complexity index is 899. The number of ketones is 1. The molecule has 2 aromatic carbocycles. The van der Waals surface area contributed by atoms with E-state index >= 15 is 0 Å². The lowest BCUT2D eigenvalue weighted by Crippen LogP contribution is -2.33. The van der Waals surface area contributed by atoms with Gasteiger partial charge in [0.2, 0.25) is 5.91 Å². The van der Waals surface area contributed by atoms with Crippen molar-refractivity contribution >= 4 is 23.5 Å². The number of hydrogen-bond acceptors (Lipinski definition) is 4. The Morgan fingerprint density at radius 3 is 2.52 bits per heavy atom. The lowest BCUT2D eigenvalue weighted by molar-refractivity contribution is -0.119. The maximum Gasteiger partial charge on any atom is 0.414 e. The van der Waals surface area contributed by atoms with Gasteiger partial charge < -0.3 is 10.1 Å². The second kappa shape index (κ2) is 7.53. The monoisotopic (exact) mass is 374 g/mol. The van der Waals surface area contributed by atoms with E-state index in [1.165, 1.54) is 36.1 Å². The van der Waals surface area contributed by atoms with E-state index in [4.69, 9.17) is 4.74 Å². The zero-order valence-corrected chi connectivity index (χ0v) is 14.4. The highest BCUT2D eigenvalue weighted by Crippen LogP contribution is 2.23. The molecule has 3 rings (SSSR count). The molecular weight excluding hydrogens is 358 g/mol. The summed E-state index contributed by atoms with van der Waals surface area (Å²) in [6.07, 6.45) is -1.04. The van der Waals surface area contributed by atoms with Crippen molar-refractivity contribution in [2.45, 2.75) is 13.0 Å². The second-order valence-corrected chi connectivity index (χ2v) is 6.05. The molecule has 0 spiro atoms. The van der Waals surface area contributed by atoms with Gasteiger partial charge in [0.25, 0.3) is 0 Å². The van der Waals surface area contributed by atoms with Gasteiger partial charge in [0.15, 0.2) is 5.78 Å². The molecule has 1 heterocycles. The van der Waals surface area contributed by atoms with Crippen molar-refractivity contribution in [2.24, 2.45) is 0 Å². The van der Waals surface area contributed by atoms with Crippen molar-refractivity contribution < 1.29 is 27.9 Å². The molecule has 0 aliphatic carbocycles. The van der Waals surface area contributed by atoms with Crippen LogP contribution in [0.2, 0.25) is 0 Å². The number of ether oxygens (including phenoxy) is 1. The van der Waals surface area contributed by atoms with Crippen molar-refractivity contribution in [2.75, 3.05) is 18.0 Å². The van der Waals surface area contributed by atoms with Crippen LogP contribution in [0.25, 0.3) is 0 Å². The first-order valence-electron chi connectivity index (χ1n) is 8.17. The zero-order chi connectivity index (χ0) is 19.6. The SMILES string of the molecule is CC(=O)NCC1CN(c2ccc(C(=O)c3ccc(F)cc3F)cc2)C(=O)O1. The van der Waals surface area contributed by atoms with Crippen molar-refractivity contribution in [1.29, 1.82) is 0 Å². The molecule has 1 aliphatic heterocycles. The molecule has 1 saturated heterocycles. The summed E-state index contributed by atoms with van der Waals surface area (Å²) in [5.74, 6) is -2.51. The van der Waals surface area contributed by atoms with Crippen LogP contribution in [0, 0.1) is 11.6 Å². The summed E-state index contributed by atoms with van der Waals surface area (Å²) in [5, 5.41) is 2.58. The summed E-state index contributed by atoms with van der Waals surface area (Å²) < 4.78 is 31.9. The predicted molar refractivity (Wildman–Crippen MR) is 92.5 cm³/mol. The molecule has 0 radical (unpaired) electrons. The van der Waals surface area contributed by atoms with E-state index in [1.807, 2.05) is 0 Å². The number of nitrogens with zero attached hydrogens (tertiary/aromatic N) is 1. The van der Waals surface area contributed by atoms with E-state index in [9.17, 15) is 23.2 Å². The first-order valence-corrected chi connectivity index (χ1v) is 8.17. The minimum Gasteiger partial charge on any atom is -0.442 e. The Kier molecular flexibility index (Phi) is 5.16. The third kappa shape index (κ3) is 4.11. The fourth-order valence-electron chi connectivity index (χ4n) is 2.72. The number of carbonyl (C=O) groups is 3. The quantitative estimate of drug-likeness (QED) is 0.817. The second-order valence-electron chi connectivity index (χ2n) is 6.05. The number of halogens is 2. The minimum absolute atomic E-state index is 0.201. The van der Waals surface area contributed by atoms with Crippen LogP contribution in [0.1, 0.15) is 22.8 Å². The predicted octanol–water partition coefficient (Wildman–Crippen LogP) is 2.66. The van der Waals surface area contributed by atoms with Crippen molar-refractivity contribution in [3.05, 3.63) is 65.2 Å². The van der Waals surface area contributed by atoms with E-state index < -0.39 is 29.6 Å². The molecule has 1 fully saturated rings. The van der Waals surface area contributed by atoms with Crippen LogP contribution in [0.4, 0.5) is 19.3 Å². The largest absolute Gasteiger partial charge is 0.442 e. The smallest absolute Gasteiger partial charge is 0.414 e. The lowest BCUT2D eigenvalue weighted by Gasteiger charge is -2.13. The Morgan fingerprint density at radius 1 is 1.19 bits per heavy atom. The van der Waals surface area contributed by atoms with E-state index in [0.717, 1.165) is 12.1 Å². The summed E-state index contributed by atoms with van der Waals surface area (Å²) in [7, 11) is 0. The normalized spacial score (nSPS) is 16.2. The molecule has 2 aromatic rings. The van der Waals surface area contributed by atoms with Crippen LogP contribution in [-0.2, 0) is 9.53 Å². The van der Waals surface area contributed by atoms with Gasteiger partial charge in [0, 0.05) is 24.2 Å². The highest BCUT2D eigenvalue weighted by Gasteiger charge is 2.32. The molecule has 1 unspecified atom stereocenters. The van der Waals surface area contributed by atoms with Crippen LogP contribution in [0.3, 0.4) is 0 Å². The maximum absolute atomic E-state index is 13.8. The van der Waals surface area contributed by atoms with Gasteiger partial charge in [-0.2, -0.15) is 0 Å². The molecule has 2 amide bonds. The lowest BCUT2D eigenvalue weighted by atomic mass is 10.0. The molecule has 140 valence electrons. The zero-order valence-electron chi connectivity index (χ0n) is 14.4. The average Bonchev–Trinajstić information content (AvgIpc) is 3.00. The van der Waals surface area contributed by atoms with Gasteiger partial charge >= 0.3 is 6.09 Å². The van der Waals surface area contributed by atoms with Gasteiger partial charge in [-0.05, 0) is 36.4 Å². The number of amides is 2. The number of anilines is 1. The van der Waals surface area contributed by atoms with Gasteiger partial charge in [-0.15, -0.1) is 0 Å². The van der Waals surface area contributed by atoms with Crippen LogP contribution < -0.4 is 10.2 Å². The first kappa shape index (κ1) is 18.5. The van der Waals surface area contributed by atoms with Gasteiger partial charge in [-0.25, -0.2) is 13.6 Å². The summed E-state index contributed by atoms with van der Waals surface area (Å²) in [6.45, 7) is 1.82. The van der Waals surface area contributed by atoms with Gasteiger partial charge in [-0.3, -0.25) is 14.5 Å². The van der Waals surface area contributed by atoms with E-state index in [-0.39, 0.29) is 30.1 Å². The molecule has 1 N–H and O–H groups in total. The highest BCUT2D eigenvalue weighted by atomic mass is 19.1. The van der Waals surface area contributed by atoms with Gasteiger partial charge in [0.1, 0.15) is 17.7 Å². The van der Waals surface area contributed by atoms with E-state index in [2.05, 4.69) is 5.32 Å². The van der Waals surface area contributed by atoms with Gasteiger partial charge in [-0.1, -0.05) is 0 Å². The number of benzene rings is 2. The Morgan fingerprint density at radius 2 is 1.89 bits per heavy atom. The number of rotatable bonds is 5. The fraction of sp³-hybridized carbons (Fsp3) is 0.211. The third-order valence-electron chi connectivity index (χ3n) is 4.07. The van der Waals surface area contributed by atoms with Gasteiger partial charge in [0.05, 0.1) is 18.7 Å². The molecular formula is C19H16F2N2O4. The van der Waals surface area contributed by atoms with Crippen molar-refractivity contribution in [3.63, 3.8) is 0 Å². The summed E-state index contributed by atoms with van der Waals surface area (Å²) >= 11 is 0. The molecule has 1 atom stereocenters. The molecule has 0 saturated carbocycles. The Labute approximate surface area is 153 Å². The molecule has 0 bridgehead atoms. The number of carbonyl (C=O) groups excluding carboxylic acids is 3. The summed E-state index contributed by atoms with van der Waals surface area (Å²) in [4.78, 5) is 36.7. The highest BCUT2D eigenvalue weighted by molar-refractivity contribution is 6.09. The van der Waals surface area contributed by atoms with E-state index in [1.54, 1.807) is 0 Å². The number of hydrogen-bond donors (Lipinski definition) is 1. The topological polar surface area (TPSA) is 75.7 Å². The summed E-state index contributed by atoms with van der Waals surface area (Å²) in [5.41, 5.74) is 0.466. The third-order valence-corrected chi connectivity index (χ3v) is 4.07. The first-order chi connectivity index (χ1) is 12.8. The van der Waals surface area contributed by atoms with Crippen molar-refractivity contribution in [1.82, 2.24) is 5.32 Å². The van der Waals surface area contributed by atoms with Crippen LogP contribution >= 0.6 is 0 Å². The number of nitrogens with one attached hydrogen (secondary N) is 1.